The summed E-state index contributed by atoms with van der Waals surface area (Å²) in [4.78, 5) is 8.87. The Morgan fingerprint density at radius 1 is 1.27 bits per heavy atom. The van der Waals surface area contributed by atoms with Gasteiger partial charge in [0.15, 0.2) is 5.96 Å². The maximum absolute atomic E-state index is 4.62. The van der Waals surface area contributed by atoms with Crippen LogP contribution in [0.15, 0.2) is 34.6 Å². The third kappa shape index (κ3) is 4.84. The van der Waals surface area contributed by atoms with Crippen LogP contribution in [-0.4, -0.2) is 18.0 Å². The van der Waals surface area contributed by atoms with Crippen LogP contribution in [0, 0.1) is 6.92 Å². The summed E-state index contributed by atoms with van der Waals surface area (Å²) >= 11 is 1.72. The Kier molecular flexibility index (Phi) is 5.95. The number of thiazole rings is 1. The van der Waals surface area contributed by atoms with Crippen molar-refractivity contribution < 1.29 is 0 Å². The summed E-state index contributed by atoms with van der Waals surface area (Å²) in [5.74, 6) is 1.28. The van der Waals surface area contributed by atoms with Crippen LogP contribution in [0.3, 0.4) is 0 Å². The van der Waals surface area contributed by atoms with Gasteiger partial charge < -0.3 is 10.6 Å². The number of hydrogen-bond donors (Lipinski definition) is 2. The largest absolute Gasteiger partial charge is 0.352 e. The molecule has 2 aromatic rings. The molecule has 0 saturated heterocycles. The second-order valence-corrected chi connectivity index (χ2v) is 6.49. The summed E-state index contributed by atoms with van der Waals surface area (Å²) in [7, 11) is 1.78. The van der Waals surface area contributed by atoms with Crippen LogP contribution in [0.4, 0.5) is 0 Å². The summed E-state index contributed by atoms with van der Waals surface area (Å²) < 4.78 is 0. The molecule has 0 fully saturated rings. The first-order valence-corrected chi connectivity index (χ1v) is 8.41. The van der Waals surface area contributed by atoms with Crippen LogP contribution < -0.4 is 10.6 Å². The number of nitrogens with zero attached hydrogens (tertiary/aromatic N) is 2. The number of aryl methyl sites for hydroxylation is 1. The third-order valence-corrected chi connectivity index (χ3v) is 4.46. The van der Waals surface area contributed by atoms with Gasteiger partial charge in [0.2, 0.25) is 0 Å². The van der Waals surface area contributed by atoms with E-state index in [4.69, 9.17) is 0 Å². The van der Waals surface area contributed by atoms with E-state index in [0.29, 0.717) is 12.5 Å². The van der Waals surface area contributed by atoms with Crippen LogP contribution in [0.1, 0.15) is 41.6 Å². The number of benzene rings is 1. The molecule has 1 aromatic heterocycles. The number of guanidine groups is 1. The highest BCUT2D eigenvalue weighted by atomic mass is 32.1. The molecule has 0 aliphatic carbocycles. The zero-order chi connectivity index (χ0) is 15.9. The molecular formula is C17H24N4S. The number of hydrogen-bond acceptors (Lipinski definition) is 3. The van der Waals surface area contributed by atoms with E-state index < -0.39 is 0 Å². The zero-order valence-corrected chi connectivity index (χ0v) is 14.5. The monoisotopic (exact) mass is 316 g/mol. The predicted octanol–water partition coefficient (Wildman–Crippen LogP) is 3.44. The van der Waals surface area contributed by atoms with Gasteiger partial charge in [-0.2, -0.15) is 0 Å². The molecule has 0 aliphatic heterocycles. The van der Waals surface area contributed by atoms with Gasteiger partial charge in [-0.1, -0.05) is 43.7 Å². The number of nitrogens with one attached hydrogen (secondary N) is 2. The molecule has 5 heteroatoms. The van der Waals surface area contributed by atoms with Crippen LogP contribution in [0.5, 0.6) is 0 Å². The minimum absolute atomic E-state index is 0.484. The Balaban J connectivity index is 1.84. The quantitative estimate of drug-likeness (QED) is 0.656. The van der Waals surface area contributed by atoms with Gasteiger partial charge in [-0.25, -0.2) is 4.98 Å². The van der Waals surface area contributed by atoms with Crippen molar-refractivity contribution in [3.8, 4) is 0 Å². The highest BCUT2D eigenvalue weighted by Crippen LogP contribution is 2.18. The van der Waals surface area contributed by atoms with Crippen molar-refractivity contribution in [3.63, 3.8) is 0 Å². The second-order valence-electron chi connectivity index (χ2n) is 5.60. The first kappa shape index (κ1) is 16.5. The van der Waals surface area contributed by atoms with Crippen LogP contribution in [0.25, 0.3) is 0 Å². The van der Waals surface area contributed by atoms with Gasteiger partial charge in [0.05, 0.1) is 17.2 Å². The van der Waals surface area contributed by atoms with Crippen molar-refractivity contribution in [1.29, 1.82) is 0 Å². The van der Waals surface area contributed by atoms with E-state index in [1.165, 1.54) is 16.1 Å². The Morgan fingerprint density at radius 3 is 2.68 bits per heavy atom. The van der Waals surface area contributed by atoms with Crippen molar-refractivity contribution in [3.05, 3.63) is 51.5 Å². The first-order valence-electron chi connectivity index (χ1n) is 7.53. The van der Waals surface area contributed by atoms with Crippen molar-refractivity contribution >= 4 is 17.3 Å². The van der Waals surface area contributed by atoms with Gasteiger partial charge in [-0.3, -0.25) is 4.99 Å². The summed E-state index contributed by atoms with van der Waals surface area (Å²) in [6.07, 6.45) is 0. The van der Waals surface area contributed by atoms with Crippen LogP contribution in [-0.2, 0) is 13.1 Å². The van der Waals surface area contributed by atoms with E-state index in [-0.39, 0.29) is 0 Å². The van der Waals surface area contributed by atoms with Gasteiger partial charge in [-0.05, 0) is 12.5 Å². The third-order valence-electron chi connectivity index (χ3n) is 3.27. The highest BCUT2D eigenvalue weighted by Gasteiger charge is 2.06. The first-order chi connectivity index (χ1) is 10.6. The topological polar surface area (TPSA) is 49.3 Å². The summed E-state index contributed by atoms with van der Waals surface area (Å²) in [5.41, 5.74) is 3.58. The zero-order valence-electron chi connectivity index (χ0n) is 13.7. The van der Waals surface area contributed by atoms with Crippen molar-refractivity contribution in [1.82, 2.24) is 15.6 Å². The lowest BCUT2D eigenvalue weighted by Gasteiger charge is -2.11. The summed E-state index contributed by atoms with van der Waals surface area (Å²) in [5, 5.41) is 9.92. The molecule has 0 unspecified atom stereocenters. The lowest BCUT2D eigenvalue weighted by Crippen LogP contribution is -2.36. The van der Waals surface area contributed by atoms with Crippen molar-refractivity contribution in [2.45, 2.75) is 39.8 Å². The minimum Gasteiger partial charge on any atom is -0.352 e. The van der Waals surface area contributed by atoms with E-state index in [0.717, 1.165) is 18.2 Å². The fraction of sp³-hybridized carbons (Fsp3) is 0.412. The van der Waals surface area contributed by atoms with Crippen molar-refractivity contribution in [2.24, 2.45) is 4.99 Å². The molecule has 1 aromatic carbocycles. The molecule has 4 nitrogen and oxygen atoms in total. The summed E-state index contributed by atoms with van der Waals surface area (Å²) in [6.45, 7) is 7.88. The molecule has 0 atom stereocenters. The normalized spacial score (nSPS) is 11.8. The summed E-state index contributed by atoms with van der Waals surface area (Å²) in [6, 6.07) is 8.47. The number of aliphatic imine (C=N–C) groups is 1. The second kappa shape index (κ2) is 7.94. The van der Waals surface area contributed by atoms with E-state index in [1.807, 2.05) is 0 Å². The molecular weight excluding hydrogens is 292 g/mol. The lowest BCUT2D eigenvalue weighted by molar-refractivity contribution is 0.783. The van der Waals surface area contributed by atoms with Gasteiger partial charge >= 0.3 is 0 Å². The molecule has 0 bridgehead atoms. The van der Waals surface area contributed by atoms with E-state index in [9.17, 15) is 0 Å². The average molecular weight is 316 g/mol. The maximum Gasteiger partial charge on any atom is 0.191 e. The Hall–Kier alpha value is -1.88. The van der Waals surface area contributed by atoms with Gasteiger partial charge in [0.25, 0.3) is 0 Å². The molecule has 0 radical (unpaired) electrons. The molecule has 2 rings (SSSR count). The standard InChI is InChI=1S/C17H24N4S/c1-12(2)16-21-15(11-22-16)10-20-17(18-4)19-9-14-7-5-6-13(3)8-14/h5-8,11-12H,9-10H2,1-4H3,(H2,18,19,20). The minimum atomic E-state index is 0.484. The molecule has 0 aliphatic rings. The Morgan fingerprint density at radius 2 is 2.05 bits per heavy atom. The maximum atomic E-state index is 4.62. The van der Waals surface area contributed by atoms with E-state index in [1.54, 1.807) is 18.4 Å². The van der Waals surface area contributed by atoms with E-state index >= 15 is 0 Å². The van der Waals surface area contributed by atoms with E-state index in [2.05, 4.69) is 71.0 Å². The predicted molar refractivity (Wildman–Crippen MR) is 94.4 cm³/mol. The smallest absolute Gasteiger partial charge is 0.191 e. The molecule has 1 heterocycles. The van der Waals surface area contributed by atoms with Crippen molar-refractivity contribution in [2.75, 3.05) is 7.05 Å². The fourth-order valence-corrected chi connectivity index (χ4v) is 2.91. The number of rotatable bonds is 5. The molecule has 22 heavy (non-hydrogen) atoms. The van der Waals surface area contributed by atoms with Gasteiger partial charge in [0, 0.05) is 24.9 Å². The molecule has 0 spiro atoms. The lowest BCUT2D eigenvalue weighted by atomic mass is 10.1. The molecule has 2 N–H and O–H groups in total. The molecule has 0 amide bonds. The van der Waals surface area contributed by atoms with Gasteiger partial charge in [0.1, 0.15) is 0 Å². The SMILES string of the molecule is CN=C(NCc1cccc(C)c1)NCc1csc(C(C)C)n1. The van der Waals surface area contributed by atoms with Gasteiger partial charge in [-0.15, -0.1) is 11.3 Å². The highest BCUT2D eigenvalue weighted by molar-refractivity contribution is 7.09. The number of aromatic nitrogens is 1. The Bertz CT molecular complexity index is 631. The molecule has 118 valence electrons. The average Bonchev–Trinajstić information content (AvgIpc) is 2.97. The van der Waals surface area contributed by atoms with Crippen LogP contribution in [0.2, 0.25) is 0 Å². The molecule has 0 saturated carbocycles. The van der Waals surface area contributed by atoms with Crippen LogP contribution >= 0.6 is 11.3 Å². The Labute approximate surface area is 136 Å². The fourth-order valence-electron chi connectivity index (χ4n) is 2.07.